The van der Waals surface area contributed by atoms with Gasteiger partial charge in [-0.3, -0.25) is 9.59 Å². The van der Waals surface area contributed by atoms with Gasteiger partial charge in [-0.25, -0.2) is 0 Å². The van der Waals surface area contributed by atoms with E-state index in [4.69, 9.17) is 0 Å². The van der Waals surface area contributed by atoms with Crippen molar-refractivity contribution in [2.45, 2.75) is 31.7 Å². The van der Waals surface area contributed by atoms with Gasteiger partial charge in [0.15, 0.2) is 0 Å². The Bertz CT molecular complexity index is 461. The molecule has 116 valence electrons. The van der Waals surface area contributed by atoms with Crippen LogP contribution in [0.25, 0.3) is 0 Å². The Kier molecular flexibility index (Phi) is 6.20. The number of thiophene rings is 1. The lowest BCUT2D eigenvalue weighted by atomic mass is 10.1. The van der Waals surface area contributed by atoms with Crippen LogP contribution in [0.2, 0.25) is 0 Å². The second-order valence-corrected chi connectivity index (χ2v) is 6.12. The van der Waals surface area contributed by atoms with Crippen molar-refractivity contribution in [3.05, 3.63) is 22.4 Å². The number of carbonyl (C=O) groups is 2. The SMILES string of the molecule is CNC1CCCN(C(=O)CCCNC(=O)c2ccsc2)C1. The molecule has 0 bridgehead atoms. The molecule has 0 aromatic carbocycles. The summed E-state index contributed by atoms with van der Waals surface area (Å²) in [5, 5.41) is 9.79. The van der Waals surface area contributed by atoms with Gasteiger partial charge in [0.1, 0.15) is 0 Å². The number of carbonyl (C=O) groups excluding carboxylic acids is 2. The number of hydrogen-bond donors (Lipinski definition) is 2. The average Bonchev–Trinajstić information content (AvgIpc) is 3.05. The maximum atomic E-state index is 12.1. The lowest BCUT2D eigenvalue weighted by Gasteiger charge is -2.32. The fourth-order valence-electron chi connectivity index (χ4n) is 2.53. The van der Waals surface area contributed by atoms with E-state index in [0.717, 1.165) is 25.9 Å². The van der Waals surface area contributed by atoms with E-state index in [-0.39, 0.29) is 11.8 Å². The molecule has 0 aliphatic carbocycles. The van der Waals surface area contributed by atoms with E-state index in [1.54, 1.807) is 6.07 Å². The fraction of sp³-hybridized carbons (Fsp3) is 0.600. The van der Waals surface area contributed by atoms with E-state index >= 15 is 0 Å². The van der Waals surface area contributed by atoms with Crippen LogP contribution in [0.1, 0.15) is 36.0 Å². The van der Waals surface area contributed by atoms with Crippen LogP contribution in [0.3, 0.4) is 0 Å². The Labute approximate surface area is 129 Å². The molecule has 1 aliphatic rings. The van der Waals surface area contributed by atoms with Crippen LogP contribution < -0.4 is 10.6 Å². The standard InChI is InChI=1S/C15H23N3O2S/c1-16-13-4-3-8-18(10-13)14(19)5-2-7-17-15(20)12-6-9-21-11-12/h6,9,11,13,16H,2-5,7-8,10H2,1H3,(H,17,20). The molecule has 1 atom stereocenters. The van der Waals surface area contributed by atoms with Crippen LogP contribution in [0, 0.1) is 0 Å². The molecule has 1 aromatic rings. The van der Waals surface area contributed by atoms with Gasteiger partial charge in [0.2, 0.25) is 5.91 Å². The normalized spacial score (nSPS) is 18.5. The largest absolute Gasteiger partial charge is 0.352 e. The number of hydrogen-bond acceptors (Lipinski definition) is 4. The smallest absolute Gasteiger partial charge is 0.252 e. The highest BCUT2D eigenvalue weighted by molar-refractivity contribution is 7.08. The summed E-state index contributed by atoms with van der Waals surface area (Å²) in [5.41, 5.74) is 0.694. The quantitative estimate of drug-likeness (QED) is 0.782. The Morgan fingerprint density at radius 2 is 2.33 bits per heavy atom. The Hall–Kier alpha value is -1.40. The van der Waals surface area contributed by atoms with Crippen molar-refractivity contribution in [1.82, 2.24) is 15.5 Å². The van der Waals surface area contributed by atoms with Crippen LogP contribution in [0.5, 0.6) is 0 Å². The average molecular weight is 309 g/mol. The molecule has 2 heterocycles. The minimum absolute atomic E-state index is 0.0584. The van der Waals surface area contributed by atoms with Crippen molar-refractivity contribution in [3.8, 4) is 0 Å². The molecule has 2 amide bonds. The highest BCUT2D eigenvalue weighted by Crippen LogP contribution is 2.11. The van der Waals surface area contributed by atoms with Crippen LogP contribution >= 0.6 is 11.3 Å². The zero-order valence-corrected chi connectivity index (χ0v) is 13.2. The van der Waals surface area contributed by atoms with Crippen molar-refractivity contribution >= 4 is 23.2 Å². The van der Waals surface area contributed by atoms with Crippen LogP contribution in [-0.4, -0.2) is 49.4 Å². The van der Waals surface area contributed by atoms with Gasteiger partial charge in [-0.15, -0.1) is 0 Å². The lowest BCUT2D eigenvalue weighted by molar-refractivity contribution is -0.132. The molecule has 1 unspecified atom stereocenters. The first-order valence-electron chi connectivity index (χ1n) is 7.46. The molecule has 0 radical (unpaired) electrons. The molecule has 0 saturated carbocycles. The molecule has 6 heteroatoms. The third kappa shape index (κ3) is 4.82. The number of likely N-dealkylation sites (tertiary alicyclic amines) is 1. The summed E-state index contributed by atoms with van der Waals surface area (Å²) in [6.07, 6.45) is 3.39. The predicted molar refractivity (Wildman–Crippen MR) is 84.5 cm³/mol. The summed E-state index contributed by atoms with van der Waals surface area (Å²) >= 11 is 1.51. The zero-order chi connectivity index (χ0) is 15.1. The monoisotopic (exact) mass is 309 g/mol. The van der Waals surface area contributed by atoms with Gasteiger partial charge < -0.3 is 15.5 Å². The minimum Gasteiger partial charge on any atom is -0.352 e. The minimum atomic E-state index is -0.0584. The van der Waals surface area contributed by atoms with Crippen molar-refractivity contribution in [3.63, 3.8) is 0 Å². The third-order valence-corrected chi connectivity index (χ3v) is 4.50. The van der Waals surface area contributed by atoms with Crippen LogP contribution in [0.15, 0.2) is 16.8 Å². The summed E-state index contributed by atoms with van der Waals surface area (Å²) in [6.45, 7) is 2.21. The van der Waals surface area contributed by atoms with E-state index < -0.39 is 0 Å². The summed E-state index contributed by atoms with van der Waals surface area (Å²) in [4.78, 5) is 25.8. The number of likely N-dealkylation sites (N-methyl/N-ethyl adjacent to an activating group) is 1. The molecule has 1 saturated heterocycles. The first-order chi connectivity index (χ1) is 10.2. The molecular formula is C15H23N3O2S. The van der Waals surface area contributed by atoms with Crippen molar-refractivity contribution in [1.29, 1.82) is 0 Å². The highest BCUT2D eigenvalue weighted by atomic mass is 32.1. The molecule has 21 heavy (non-hydrogen) atoms. The van der Waals surface area contributed by atoms with E-state index in [1.807, 2.05) is 22.7 Å². The number of nitrogens with one attached hydrogen (secondary N) is 2. The number of amides is 2. The molecule has 2 N–H and O–H groups in total. The molecule has 1 aromatic heterocycles. The fourth-order valence-corrected chi connectivity index (χ4v) is 3.17. The van der Waals surface area contributed by atoms with E-state index in [9.17, 15) is 9.59 Å². The highest BCUT2D eigenvalue weighted by Gasteiger charge is 2.21. The van der Waals surface area contributed by atoms with Crippen molar-refractivity contribution < 1.29 is 9.59 Å². The second kappa shape index (κ2) is 8.14. The maximum Gasteiger partial charge on any atom is 0.252 e. The topological polar surface area (TPSA) is 61.4 Å². The summed E-state index contributed by atoms with van der Waals surface area (Å²) in [6, 6.07) is 2.22. The number of rotatable bonds is 6. The summed E-state index contributed by atoms with van der Waals surface area (Å²) in [5.74, 6) is 0.136. The summed E-state index contributed by atoms with van der Waals surface area (Å²) in [7, 11) is 1.94. The van der Waals surface area contributed by atoms with Crippen LogP contribution in [-0.2, 0) is 4.79 Å². The predicted octanol–water partition coefficient (Wildman–Crippen LogP) is 1.47. The van der Waals surface area contributed by atoms with Gasteiger partial charge in [-0.1, -0.05) is 0 Å². The van der Waals surface area contributed by atoms with Gasteiger partial charge in [0.25, 0.3) is 5.91 Å². The second-order valence-electron chi connectivity index (χ2n) is 5.34. The molecule has 0 spiro atoms. The Morgan fingerprint density at radius 3 is 3.05 bits per heavy atom. The molecule has 2 rings (SSSR count). The van der Waals surface area contributed by atoms with Crippen molar-refractivity contribution in [2.24, 2.45) is 0 Å². The molecule has 5 nitrogen and oxygen atoms in total. The van der Waals surface area contributed by atoms with Gasteiger partial charge in [0, 0.05) is 43.0 Å². The molecule has 1 aliphatic heterocycles. The number of piperidine rings is 1. The van der Waals surface area contributed by atoms with E-state index in [0.29, 0.717) is 31.0 Å². The van der Waals surface area contributed by atoms with E-state index in [2.05, 4.69) is 10.6 Å². The maximum absolute atomic E-state index is 12.1. The van der Waals surface area contributed by atoms with E-state index in [1.165, 1.54) is 11.3 Å². The van der Waals surface area contributed by atoms with Gasteiger partial charge in [-0.2, -0.15) is 11.3 Å². The summed E-state index contributed by atoms with van der Waals surface area (Å²) < 4.78 is 0. The van der Waals surface area contributed by atoms with Gasteiger partial charge in [-0.05, 0) is 37.8 Å². The first kappa shape index (κ1) is 16.0. The Balaban J connectivity index is 1.64. The zero-order valence-electron chi connectivity index (χ0n) is 12.4. The van der Waals surface area contributed by atoms with Crippen molar-refractivity contribution in [2.75, 3.05) is 26.7 Å². The van der Waals surface area contributed by atoms with Gasteiger partial charge in [0.05, 0.1) is 0 Å². The molecule has 1 fully saturated rings. The Morgan fingerprint density at radius 1 is 1.48 bits per heavy atom. The third-order valence-electron chi connectivity index (χ3n) is 3.82. The number of nitrogens with zero attached hydrogens (tertiary/aromatic N) is 1. The van der Waals surface area contributed by atoms with Gasteiger partial charge >= 0.3 is 0 Å². The van der Waals surface area contributed by atoms with Crippen LogP contribution in [0.4, 0.5) is 0 Å². The molecular weight excluding hydrogens is 286 g/mol. The lowest BCUT2D eigenvalue weighted by Crippen LogP contribution is -2.47. The first-order valence-corrected chi connectivity index (χ1v) is 8.40.